The van der Waals surface area contributed by atoms with Crippen molar-refractivity contribution in [2.45, 2.75) is 19.3 Å². The molecule has 1 aliphatic heterocycles. The molecule has 0 aromatic heterocycles. The zero-order valence-corrected chi connectivity index (χ0v) is 10.7. The van der Waals surface area contributed by atoms with Crippen LogP contribution in [0.5, 0.6) is 0 Å². The topological polar surface area (TPSA) is 32.5 Å². The number of rotatable bonds is 6. The fraction of sp³-hybridized carbons (Fsp3) is 0.909. The molecule has 1 saturated heterocycles. The smallest absolute Gasteiger partial charge is 0.0727 e. The molecule has 1 unspecified atom stereocenters. The van der Waals surface area contributed by atoms with Gasteiger partial charge in [0.15, 0.2) is 0 Å². The van der Waals surface area contributed by atoms with Crippen LogP contribution in [0.2, 0.25) is 0 Å². The largest absolute Gasteiger partial charge is 0.393 e. The first-order valence-corrected chi connectivity index (χ1v) is 6.14. The van der Waals surface area contributed by atoms with Gasteiger partial charge in [0.1, 0.15) is 0 Å². The lowest BCUT2D eigenvalue weighted by Crippen LogP contribution is -2.28. The van der Waals surface area contributed by atoms with E-state index in [1.54, 1.807) is 0 Å². The summed E-state index contributed by atoms with van der Waals surface area (Å²) in [6, 6.07) is 0. The Balaban J connectivity index is 2.07. The zero-order valence-electron chi connectivity index (χ0n) is 9.91. The number of nitrogens with zero attached hydrogens (tertiary/aromatic N) is 2. The summed E-state index contributed by atoms with van der Waals surface area (Å²) in [6.45, 7) is 4.82. The molecule has 1 aliphatic rings. The van der Waals surface area contributed by atoms with Gasteiger partial charge in [-0.2, -0.15) is 0 Å². The van der Waals surface area contributed by atoms with Crippen LogP contribution in [0.4, 0.5) is 0 Å². The van der Waals surface area contributed by atoms with Gasteiger partial charge in [-0.05, 0) is 52.4 Å². The Hall–Kier alpha value is -0.190. The maximum Gasteiger partial charge on any atom is 0.0727 e. The van der Waals surface area contributed by atoms with Crippen molar-refractivity contribution in [3.8, 4) is 0 Å². The highest BCUT2D eigenvalue weighted by Gasteiger charge is 2.20. The normalized spacial score (nSPS) is 22.5. The van der Waals surface area contributed by atoms with E-state index in [-0.39, 0.29) is 0 Å². The summed E-state index contributed by atoms with van der Waals surface area (Å²) in [5.41, 5.74) is 5.47. The average Bonchev–Trinajstić information content (AvgIpc) is 2.50. The van der Waals surface area contributed by atoms with Gasteiger partial charge in [0.2, 0.25) is 0 Å². The van der Waals surface area contributed by atoms with Crippen LogP contribution in [0.25, 0.3) is 0 Å². The highest BCUT2D eigenvalue weighted by molar-refractivity contribution is 7.80. The Labute approximate surface area is 98.6 Å². The van der Waals surface area contributed by atoms with E-state index >= 15 is 0 Å². The number of nitrogens with two attached hydrogens (primary N) is 1. The second-order valence-corrected chi connectivity index (χ2v) is 5.27. The van der Waals surface area contributed by atoms with Gasteiger partial charge >= 0.3 is 0 Å². The highest BCUT2D eigenvalue weighted by Crippen LogP contribution is 2.15. The van der Waals surface area contributed by atoms with Crippen molar-refractivity contribution in [1.82, 2.24) is 9.80 Å². The summed E-state index contributed by atoms with van der Waals surface area (Å²) in [5.74, 6) is 0.852. The Morgan fingerprint density at radius 2 is 2.33 bits per heavy atom. The Kier molecular flexibility index (Phi) is 5.50. The van der Waals surface area contributed by atoms with E-state index < -0.39 is 0 Å². The number of hydrogen-bond donors (Lipinski definition) is 1. The predicted molar refractivity (Wildman–Crippen MR) is 69.1 cm³/mol. The van der Waals surface area contributed by atoms with Gasteiger partial charge in [0.05, 0.1) is 4.99 Å². The molecule has 0 aromatic carbocycles. The van der Waals surface area contributed by atoms with Crippen LogP contribution in [-0.4, -0.2) is 55.1 Å². The number of thiocarbonyl (C=S) groups is 1. The summed E-state index contributed by atoms with van der Waals surface area (Å²) in [7, 11) is 4.39. The monoisotopic (exact) mass is 229 g/mol. The van der Waals surface area contributed by atoms with Gasteiger partial charge in [0, 0.05) is 13.1 Å². The van der Waals surface area contributed by atoms with Crippen molar-refractivity contribution >= 4 is 17.2 Å². The lowest BCUT2D eigenvalue weighted by Gasteiger charge is -2.20. The molecule has 3 nitrogen and oxygen atoms in total. The fourth-order valence-corrected chi connectivity index (χ4v) is 2.37. The summed E-state index contributed by atoms with van der Waals surface area (Å²) in [6.07, 6.45) is 3.31. The summed E-state index contributed by atoms with van der Waals surface area (Å²) in [4.78, 5) is 5.46. The van der Waals surface area contributed by atoms with Crippen molar-refractivity contribution in [3.63, 3.8) is 0 Å². The molecule has 0 aromatic rings. The summed E-state index contributed by atoms with van der Waals surface area (Å²) < 4.78 is 0. The van der Waals surface area contributed by atoms with E-state index in [4.69, 9.17) is 18.0 Å². The van der Waals surface area contributed by atoms with Gasteiger partial charge in [-0.1, -0.05) is 12.2 Å². The van der Waals surface area contributed by atoms with Crippen molar-refractivity contribution < 1.29 is 0 Å². The molecule has 0 spiro atoms. The fourth-order valence-electron chi connectivity index (χ4n) is 2.23. The molecule has 1 heterocycles. The highest BCUT2D eigenvalue weighted by atomic mass is 32.1. The third-order valence-electron chi connectivity index (χ3n) is 3.02. The van der Waals surface area contributed by atoms with Crippen molar-refractivity contribution in [1.29, 1.82) is 0 Å². The average molecular weight is 229 g/mol. The van der Waals surface area contributed by atoms with Gasteiger partial charge in [-0.15, -0.1) is 0 Å². The van der Waals surface area contributed by atoms with Crippen LogP contribution in [0, 0.1) is 5.92 Å². The van der Waals surface area contributed by atoms with Gasteiger partial charge in [-0.3, -0.25) is 0 Å². The molecular formula is C11H23N3S. The molecule has 15 heavy (non-hydrogen) atoms. The molecular weight excluding hydrogens is 206 g/mol. The molecule has 0 saturated carbocycles. The minimum Gasteiger partial charge on any atom is -0.393 e. The van der Waals surface area contributed by atoms with E-state index in [1.807, 2.05) is 0 Å². The van der Waals surface area contributed by atoms with Crippen LogP contribution in [-0.2, 0) is 0 Å². The van der Waals surface area contributed by atoms with Crippen molar-refractivity contribution in [2.24, 2.45) is 11.7 Å². The van der Waals surface area contributed by atoms with Crippen LogP contribution in [0.1, 0.15) is 19.3 Å². The lowest BCUT2D eigenvalue weighted by atomic mass is 10.1. The molecule has 0 bridgehead atoms. The summed E-state index contributed by atoms with van der Waals surface area (Å²) in [5, 5.41) is 0. The molecule has 1 fully saturated rings. The third kappa shape index (κ3) is 5.44. The predicted octanol–water partition coefficient (Wildman–Crippen LogP) is 0.936. The first kappa shape index (κ1) is 12.9. The molecule has 0 aliphatic carbocycles. The van der Waals surface area contributed by atoms with Crippen LogP contribution >= 0.6 is 12.2 Å². The number of hydrogen-bond acceptors (Lipinski definition) is 3. The van der Waals surface area contributed by atoms with E-state index in [1.165, 1.54) is 26.1 Å². The Morgan fingerprint density at radius 1 is 1.60 bits per heavy atom. The minimum absolute atomic E-state index is 0.643. The molecule has 1 atom stereocenters. The Bertz CT molecular complexity index is 208. The van der Waals surface area contributed by atoms with E-state index in [0.29, 0.717) is 4.99 Å². The first-order valence-electron chi connectivity index (χ1n) is 5.73. The first-order chi connectivity index (χ1) is 7.08. The maximum atomic E-state index is 5.47. The summed E-state index contributed by atoms with van der Waals surface area (Å²) >= 11 is 4.86. The third-order valence-corrected chi connectivity index (χ3v) is 3.23. The van der Waals surface area contributed by atoms with Gasteiger partial charge < -0.3 is 15.5 Å². The van der Waals surface area contributed by atoms with Crippen LogP contribution in [0.15, 0.2) is 0 Å². The van der Waals surface area contributed by atoms with Crippen molar-refractivity contribution in [2.75, 3.05) is 40.3 Å². The molecule has 0 radical (unpaired) electrons. The van der Waals surface area contributed by atoms with E-state index in [2.05, 4.69) is 23.9 Å². The zero-order chi connectivity index (χ0) is 11.3. The lowest BCUT2D eigenvalue weighted by molar-refractivity contribution is 0.272. The molecule has 4 heteroatoms. The van der Waals surface area contributed by atoms with Crippen molar-refractivity contribution in [3.05, 3.63) is 0 Å². The number of likely N-dealkylation sites (tertiary alicyclic amines) is 1. The van der Waals surface area contributed by atoms with E-state index in [0.717, 1.165) is 25.3 Å². The maximum absolute atomic E-state index is 5.47. The second kappa shape index (κ2) is 6.40. The SMILES string of the molecule is CN(CCCC(N)=S)CC1CCN(C)C1. The second-order valence-electron chi connectivity index (χ2n) is 4.75. The standard InChI is InChI=1S/C11H23N3S/c1-13(6-3-4-11(12)15)8-10-5-7-14(2)9-10/h10H,3-9H2,1-2H3,(H2,12,15). The molecule has 88 valence electrons. The quantitative estimate of drug-likeness (QED) is 0.687. The van der Waals surface area contributed by atoms with Gasteiger partial charge in [-0.25, -0.2) is 0 Å². The molecule has 2 N–H and O–H groups in total. The van der Waals surface area contributed by atoms with Crippen LogP contribution < -0.4 is 5.73 Å². The minimum atomic E-state index is 0.643. The van der Waals surface area contributed by atoms with E-state index in [9.17, 15) is 0 Å². The Morgan fingerprint density at radius 3 is 2.87 bits per heavy atom. The van der Waals surface area contributed by atoms with Gasteiger partial charge in [0.25, 0.3) is 0 Å². The molecule has 1 rings (SSSR count). The van der Waals surface area contributed by atoms with Crippen LogP contribution in [0.3, 0.4) is 0 Å². The molecule has 0 amide bonds.